The maximum absolute atomic E-state index is 6.05. The highest BCUT2D eigenvalue weighted by atomic mass is 35.5. The molecule has 1 N–H and O–H groups in total. The third-order valence-corrected chi connectivity index (χ3v) is 4.12. The molecule has 2 rings (SSSR count). The van der Waals surface area contributed by atoms with Crippen molar-refractivity contribution < 1.29 is 0 Å². The molecule has 1 aromatic carbocycles. The van der Waals surface area contributed by atoms with Crippen molar-refractivity contribution in [3.63, 3.8) is 0 Å². The summed E-state index contributed by atoms with van der Waals surface area (Å²) in [7, 11) is 4.01. The predicted octanol–water partition coefficient (Wildman–Crippen LogP) is 3.06. The molecule has 2 aromatic rings. The number of aryl methyl sites for hydroxylation is 2. The zero-order valence-electron chi connectivity index (χ0n) is 12.6. The van der Waals surface area contributed by atoms with E-state index < -0.39 is 0 Å². The van der Waals surface area contributed by atoms with Crippen LogP contribution in [0.5, 0.6) is 0 Å². The molecule has 3 nitrogen and oxygen atoms in total. The number of benzene rings is 1. The summed E-state index contributed by atoms with van der Waals surface area (Å²) < 4.78 is 1.96. The Kier molecular flexibility index (Phi) is 4.84. The Labute approximate surface area is 126 Å². The van der Waals surface area contributed by atoms with Crippen LogP contribution in [0.15, 0.2) is 24.3 Å². The second kappa shape index (κ2) is 6.42. The minimum atomic E-state index is 0.384. The summed E-state index contributed by atoms with van der Waals surface area (Å²) in [6, 6.07) is 8.46. The molecule has 0 amide bonds. The van der Waals surface area contributed by atoms with Gasteiger partial charge in [-0.15, -0.1) is 0 Å². The van der Waals surface area contributed by atoms with Gasteiger partial charge in [0.05, 0.1) is 5.69 Å². The fourth-order valence-corrected chi connectivity index (χ4v) is 2.80. The first kappa shape index (κ1) is 15.1. The zero-order valence-corrected chi connectivity index (χ0v) is 13.3. The summed E-state index contributed by atoms with van der Waals surface area (Å²) in [5.41, 5.74) is 4.97. The lowest BCUT2D eigenvalue weighted by Gasteiger charge is -2.17. The fourth-order valence-electron chi connectivity index (χ4n) is 2.58. The van der Waals surface area contributed by atoms with Crippen LogP contribution in [0.4, 0.5) is 0 Å². The number of nitrogens with zero attached hydrogens (tertiary/aromatic N) is 2. The maximum Gasteiger partial charge on any atom is 0.0628 e. The highest BCUT2D eigenvalue weighted by molar-refractivity contribution is 6.30. The largest absolute Gasteiger partial charge is 0.316 e. The molecule has 0 saturated heterocycles. The number of likely N-dealkylation sites (N-methyl/N-ethyl adjacent to an activating group) is 1. The number of nitrogens with one attached hydrogen (secondary N) is 1. The molecule has 0 fully saturated rings. The molecule has 0 aliphatic heterocycles. The van der Waals surface area contributed by atoms with Gasteiger partial charge in [0.15, 0.2) is 0 Å². The van der Waals surface area contributed by atoms with Crippen LogP contribution in [-0.2, 0) is 19.9 Å². The molecule has 1 aromatic heterocycles. The van der Waals surface area contributed by atoms with E-state index in [4.69, 9.17) is 11.6 Å². The van der Waals surface area contributed by atoms with Crippen LogP contribution in [0.25, 0.3) is 0 Å². The summed E-state index contributed by atoms with van der Waals surface area (Å²) in [5.74, 6) is 0. The van der Waals surface area contributed by atoms with Gasteiger partial charge in [0.25, 0.3) is 0 Å². The van der Waals surface area contributed by atoms with Crippen LogP contribution in [0.3, 0.4) is 0 Å². The van der Waals surface area contributed by atoms with Gasteiger partial charge in [0.1, 0.15) is 0 Å². The molecule has 1 unspecified atom stereocenters. The number of hydrogen-bond acceptors (Lipinski definition) is 2. The van der Waals surface area contributed by atoms with Crippen molar-refractivity contribution >= 4 is 11.6 Å². The van der Waals surface area contributed by atoms with Gasteiger partial charge in [-0.05, 0) is 57.0 Å². The number of rotatable bonds is 5. The second-order valence-corrected chi connectivity index (χ2v) is 5.73. The quantitative estimate of drug-likeness (QED) is 0.917. The van der Waals surface area contributed by atoms with Crippen molar-refractivity contribution in [1.82, 2.24) is 15.1 Å². The van der Waals surface area contributed by atoms with Crippen molar-refractivity contribution in [2.24, 2.45) is 7.05 Å². The van der Waals surface area contributed by atoms with Crippen LogP contribution >= 0.6 is 11.6 Å². The van der Waals surface area contributed by atoms with Crippen molar-refractivity contribution in [1.29, 1.82) is 0 Å². The third-order valence-electron chi connectivity index (χ3n) is 3.89. The molecule has 0 radical (unpaired) electrons. The van der Waals surface area contributed by atoms with Crippen molar-refractivity contribution in [3.05, 3.63) is 51.8 Å². The molecule has 20 heavy (non-hydrogen) atoms. The van der Waals surface area contributed by atoms with E-state index in [-0.39, 0.29) is 0 Å². The van der Waals surface area contributed by atoms with Gasteiger partial charge in [0.2, 0.25) is 0 Å². The Morgan fingerprint density at radius 2 is 2.05 bits per heavy atom. The molecule has 0 saturated carbocycles. The molecule has 0 aliphatic carbocycles. The Bertz CT molecular complexity index is 589. The monoisotopic (exact) mass is 291 g/mol. The molecule has 0 spiro atoms. The average Bonchev–Trinajstić information content (AvgIpc) is 2.64. The van der Waals surface area contributed by atoms with E-state index in [0.717, 1.165) is 23.6 Å². The highest BCUT2D eigenvalue weighted by Gasteiger charge is 2.15. The molecule has 0 aliphatic rings. The van der Waals surface area contributed by atoms with Crippen LogP contribution in [-0.4, -0.2) is 22.9 Å². The lowest BCUT2D eigenvalue weighted by molar-refractivity contribution is 0.553. The van der Waals surface area contributed by atoms with Crippen LogP contribution in [0.2, 0.25) is 5.02 Å². The lowest BCUT2D eigenvalue weighted by Crippen LogP contribution is -2.30. The van der Waals surface area contributed by atoms with Gasteiger partial charge in [-0.3, -0.25) is 4.68 Å². The van der Waals surface area contributed by atoms with Crippen molar-refractivity contribution in [2.45, 2.75) is 32.7 Å². The zero-order chi connectivity index (χ0) is 14.7. The Morgan fingerprint density at radius 3 is 2.60 bits per heavy atom. The predicted molar refractivity (Wildman–Crippen MR) is 84.4 cm³/mol. The minimum absolute atomic E-state index is 0.384. The van der Waals surface area contributed by atoms with Crippen LogP contribution in [0.1, 0.15) is 22.5 Å². The van der Waals surface area contributed by atoms with Gasteiger partial charge >= 0.3 is 0 Å². The molecular formula is C16H22ClN3. The van der Waals surface area contributed by atoms with Crippen LogP contribution < -0.4 is 5.32 Å². The third kappa shape index (κ3) is 3.41. The minimum Gasteiger partial charge on any atom is -0.316 e. The molecule has 1 heterocycles. The summed E-state index contributed by atoms with van der Waals surface area (Å²) >= 11 is 6.05. The first-order valence-electron chi connectivity index (χ1n) is 6.92. The van der Waals surface area contributed by atoms with Crippen molar-refractivity contribution in [3.8, 4) is 0 Å². The van der Waals surface area contributed by atoms with Gasteiger partial charge in [-0.25, -0.2) is 0 Å². The van der Waals surface area contributed by atoms with Gasteiger partial charge in [-0.1, -0.05) is 23.7 Å². The Hall–Kier alpha value is -1.32. The lowest BCUT2D eigenvalue weighted by atomic mass is 9.98. The fraction of sp³-hybridized carbons (Fsp3) is 0.438. The first-order chi connectivity index (χ1) is 9.51. The first-order valence-corrected chi connectivity index (χ1v) is 7.30. The van der Waals surface area contributed by atoms with E-state index in [9.17, 15) is 0 Å². The van der Waals surface area contributed by atoms with E-state index in [2.05, 4.69) is 30.3 Å². The van der Waals surface area contributed by atoms with Crippen LogP contribution in [0, 0.1) is 13.8 Å². The van der Waals surface area contributed by atoms with E-state index >= 15 is 0 Å². The summed E-state index contributed by atoms with van der Waals surface area (Å²) in [4.78, 5) is 0. The Balaban J connectivity index is 2.13. The molecule has 108 valence electrons. The standard InChI is InChI=1S/C16H22ClN3/c1-11-16(12(2)20(4)19-11)10-15(18-3)9-13-6-5-7-14(17)8-13/h5-8,15,18H,9-10H2,1-4H3. The molecule has 4 heteroatoms. The topological polar surface area (TPSA) is 29.9 Å². The van der Waals surface area contributed by atoms with Gasteiger partial charge in [0, 0.05) is 23.8 Å². The maximum atomic E-state index is 6.05. The summed E-state index contributed by atoms with van der Waals surface area (Å²) in [5, 5.41) is 8.69. The SMILES string of the molecule is CNC(Cc1cccc(Cl)c1)Cc1c(C)nn(C)c1C. The highest BCUT2D eigenvalue weighted by Crippen LogP contribution is 2.17. The van der Waals surface area contributed by atoms with E-state index in [1.54, 1.807) is 0 Å². The molecule has 0 bridgehead atoms. The number of halogens is 1. The smallest absolute Gasteiger partial charge is 0.0628 e. The van der Waals surface area contributed by atoms with E-state index in [1.807, 2.05) is 37.0 Å². The normalized spacial score (nSPS) is 12.7. The van der Waals surface area contributed by atoms with E-state index in [1.165, 1.54) is 16.8 Å². The number of aromatic nitrogens is 2. The molecule has 1 atom stereocenters. The number of hydrogen-bond donors (Lipinski definition) is 1. The molecular weight excluding hydrogens is 270 g/mol. The summed E-state index contributed by atoms with van der Waals surface area (Å²) in [6.07, 6.45) is 1.94. The summed E-state index contributed by atoms with van der Waals surface area (Å²) in [6.45, 7) is 4.20. The van der Waals surface area contributed by atoms with Crippen molar-refractivity contribution in [2.75, 3.05) is 7.05 Å². The van der Waals surface area contributed by atoms with Gasteiger partial charge < -0.3 is 5.32 Å². The van der Waals surface area contributed by atoms with Gasteiger partial charge in [-0.2, -0.15) is 5.10 Å². The Morgan fingerprint density at radius 1 is 1.30 bits per heavy atom. The van der Waals surface area contributed by atoms with E-state index in [0.29, 0.717) is 6.04 Å². The second-order valence-electron chi connectivity index (χ2n) is 5.30. The average molecular weight is 292 g/mol.